The molecule has 1 rings (SSSR count). The monoisotopic (exact) mass is 366 g/mol. The molecule has 0 aliphatic carbocycles. The molecule has 146 valence electrons. The Kier molecular flexibility index (Phi) is 6.78. The second-order valence-electron chi connectivity index (χ2n) is 8.71. The van der Waals surface area contributed by atoms with Gasteiger partial charge in [-0.25, -0.2) is 0 Å². The quantitative estimate of drug-likeness (QED) is 0.491. The minimum absolute atomic E-state index is 0.232. The molecule has 0 spiro atoms. The summed E-state index contributed by atoms with van der Waals surface area (Å²) in [5.41, 5.74) is -3.80. The highest BCUT2D eigenvalue weighted by atomic mass is 16.6. The van der Waals surface area contributed by atoms with Gasteiger partial charge in [-0.05, 0) is 66.3 Å². The Labute approximate surface area is 157 Å². The first-order chi connectivity index (χ1) is 11.5. The summed E-state index contributed by atoms with van der Waals surface area (Å²) in [6.45, 7) is 13.4. The Morgan fingerprint density at radius 3 is 1.35 bits per heavy atom. The number of benzene rings is 1. The van der Waals surface area contributed by atoms with Crippen LogP contribution in [0.15, 0.2) is 24.3 Å². The van der Waals surface area contributed by atoms with Crippen molar-refractivity contribution in [3.8, 4) is 0 Å². The van der Waals surface area contributed by atoms with E-state index in [1.54, 1.807) is 79.7 Å². The summed E-state index contributed by atoms with van der Waals surface area (Å²) in [7, 11) is -2.76. The van der Waals surface area contributed by atoms with Gasteiger partial charge in [0.2, 0.25) is 0 Å². The van der Waals surface area contributed by atoms with Crippen molar-refractivity contribution in [3.63, 3.8) is 0 Å². The SMILES string of the molecule is CC(C)(O)C(C)(C)OB(OC(C)(C)C(C)(C)O)c1ccccc1B(O)O. The lowest BCUT2D eigenvalue weighted by Gasteiger charge is -2.44. The zero-order chi connectivity index (χ0) is 20.6. The predicted octanol–water partition coefficient (Wildman–Crippen LogP) is 0.194. The third-order valence-corrected chi connectivity index (χ3v) is 5.28. The highest BCUT2D eigenvalue weighted by molar-refractivity contribution is 6.72. The largest absolute Gasteiger partial charge is 0.494 e. The molecule has 0 atom stereocenters. The van der Waals surface area contributed by atoms with Crippen molar-refractivity contribution in [1.29, 1.82) is 0 Å². The molecule has 0 bridgehead atoms. The minimum Gasteiger partial charge on any atom is -0.423 e. The first kappa shape index (κ1) is 23.1. The van der Waals surface area contributed by atoms with Gasteiger partial charge in [0.1, 0.15) is 0 Å². The van der Waals surface area contributed by atoms with Gasteiger partial charge >= 0.3 is 14.2 Å². The average Bonchev–Trinajstić information content (AvgIpc) is 2.43. The van der Waals surface area contributed by atoms with Crippen molar-refractivity contribution in [3.05, 3.63) is 24.3 Å². The van der Waals surface area contributed by atoms with Gasteiger partial charge in [0, 0.05) is 0 Å². The maximum Gasteiger partial charge on any atom is 0.494 e. The Balaban J connectivity index is 3.41. The van der Waals surface area contributed by atoms with Gasteiger partial charge in [0.25, 0.3) is 0 Å². The molecule has 4 N–H and O–H groups in total. The molecule has 0 heterocycles. The molecule has 1 aromatic carbocycles. The van der Waals surface area contributed by atoms with E-state index in [1.807, 2.05) is 0 Å². The van der Waals surface area contributed by atoms with Crippen LogP contribution < -0.4 is 10.9 Å². The molecule has 0 saturated carbocycles. The third kappa shape index (κ3) is 5.31. The Hall–Kier alpha value is -0.890. The van der Waals surface area contributed by atoms with Gasteiger partial charge in [-0.1, -0.05) is 24.3 Å². The van der Waals surface area contributed by atoms with Crippen LogP contribution in [0.25, 0.3) is 0 Å². The number of rotatable bonds is 8. The molecular formula is C18H32B2O6. The standard InChI is InChI=1S/C18H32B2O6/c1-15(2,21)17(5,6)25-20(26-18(7,8)16(3,4)22)14-12-10-9-11-13(14)19(23)24/h9-12,21-24H,1-8H3. The van der Waals surface area contributed by atoms with Crippen molar-refractivity contribution in [2.24, 2.45) is 0 Å². The van der Waals surface area contributed by atoms with Crippen LogP contribution in [0.2, 0.25) is 0 Å². The normalized spacial score (nSPS) is 13.7. The third-order valence-electron chi connectivity index (χ3n) is 5.28. The maximum atomic E-state index is 10.4. The average molecular weight is 366 g/mol. The van der Waals surface area contributed by atoms with Crippen LogP contribution in [0.4, 0.5) is 0 Å². The van der Waals surface area contributed by atoms with Crippen LogP contribution in [0, 0.1) is 0 Å². The van der Waals surface area contributed by atoms with Crippen LogP contribution in [0.1, 0.15) is 55.4 Å². The van der Waals surface area contributed by atoms with Crippen LogP contribution in [-0.2, 0) is 9.31 Å². The van der Waals surface area contributed by atoms with Crippen molar-refractivity contribution < 1.29 is 29.6 Å². The van der Waals surface area contributed by atoms with Crippen molar-refractivity contribution in [1.82, 2.24) is 0 Å². The van der Waals surface area contributed by atoms with E-state index in [0.29, 0.717) is 5.46 Å². The second-order valence-corrected chi connectivity index (χ2v) is 8.71. The fourth-order valence-corrected chi connectivity index (χ4v) is 1.94. The van der Waals surface area contributed by atoms with Crippen molar-refractivity contribution >= 4 is 25.2 Å². The molecule has 8 heteroatoms. The smallest absolute Gasteiger partial charge is 0.423 e. The zero-order valence-corrected chi connectivity index (χ0v) is 17.1. The molecule has 0 amide bonds. The summed E-state index contributed by atoms with van der Waals surface area (Å²) in [4.78, 5) is 0. The lowest BCUT2D eigenvalue weighted by Crippen LogP contribution is -2.62. The summed E-state index contributed by atoms with van der Waals surface area (Å²) in [5.74, 6) is 0. The maximum absolute atomic E-state index is 10.4. The lowest BCUT2D eigenvalue weighted by molar-refractivity contribution is -0.131. The number of hydrogen-bond donors (Lipinski definition) is 4. The van der Waals surface area contributed by atoms with Gasteiger partial charge in [-0.2, -0.15) is 0 Å². The van der Waals surface area contributed by atoms with Crippen molar-refractivity contribution in [2.75, 3.05) is 0 Å². The predicted molar refractivity (Wildman–Crippen MR) is 105 cm³/mol. The van der Waals surface area contributed by atoms with E-state index in [-0.39, 0.29) is 5.46 Å². The van der Waals surface area contributed by atoms with Crippen LogP contribution >= 0.6 is 0 Å². The first-order valence-corrected chi connectivity index (χ1v) is 8.75. The Morgan fingerprint density at radius 1 is 0.692 bits per heavy atom. The van der Waals surface area contributed by atoms with Crippen LogP contribution in [0.3, 0.4) is 0 Å². The topological polar surface area (TPSA) is 99.4 Å². The van der Waals surface area contributed by atoms with E-state index >= 15 is 0 Å². The molecule has 0 aliphatic heterocycles. The molecule has 0 unspecified atom stereocenters. The number of aliphatic hydroxyl groups is 2. The van der Waals surface area contributed by atoms with Crippen LogP contribution in [-0.4, -0.2) is 56.9 Å². The molecule has 0 fully saturated rings. The molecule has 0 aliphatic rings. The number of hydrogen-bond acceptors (Lipinski definition) is 6. The molecule has 6 nitrogen and oxygen atoms in total. The first-order valence-electron chi connectivity index (χ1n) is 8.75. The highest BCUT2D eigenvalue weighted by Crippen LogP contribution is 2.30. The minimum atomic E-state index is -1.71. The summed E-state index contributed by atoms with van der Waals surface area (Å²) in [6, 6.07) is 6.64. The molecule has 0 saturated heterocycles. The van der Waals surface area contributed by atoms with Gasteiger partial charge in [-0.3, -0.25) is 0 Å². The molecule has 0 radical (unpaired) electrons. The molecular weight excluding hydrogens is 334 g/mol. The highest BCUT2D eigenvalue weighted by Gasteiger charge is 2.46. The van der Waals surface area contributed by atoms with E-state index < -0.39 is 36.6 Å². The molecule has 0 aromatic heterocycles. The second kappa shape index (κ2) is 7.62. The van der Waals surface area contributed by atoms with Crippen molar-refractivity contribution in [2.45, 2.75) is 77.8 Å². The Bertz CT molecular complexity index is 574. The zero-order valence-electron chi connectivity index (χ0n) is 17.1. The van der Waals surface area contributed by atoms with Gasteiger partial charge in [-0.15, -0.1) is 0 Å². The fourth-order valence-electron chi connectivity index (χ4n) is 1.94. The van der Waals surface area contributed by atoms with E-state index in [0.717, 1.165) is 0 Å². The van der Waals surface area contributed by atoms with E-state index in [4.69, 9.17) is 9.31 Å². The van der Waals surface area contributed by atoms with E-state index in [2.05, 4.69) is 0 Å². The van der Waals surface area contributed by atoms with Gasteiger partial charge < -0.3 is 29.6 Å². The molecule has 26 heavy (non-hydrogen) atoms. The lowest BCUT2D eigenvalue weighted by atomic mass is 9.64. The van der Waals surface area contributed by atoms with E-state index in [9.17, 15) is 20.3 Å². The van der Waals surface area contributed by atoms with Gasteiger partial charge in [0.05, 0.1) is 22.4 Å². The summed E-state index contributed by atoms with van der Waals surface area (Å²) < 4.78 is 12.2. The summed E-state index contributed by atoms with van der Waals surface area (Å²) in [5, 5.41) is 40.3. The van der Waals surface area contributed by atoms with Crippen LogP contribution in [0.5, 0.6) is 0 Å². The summed E-state index contributed by atoms with van der Waals surface area (Å²) in [6.07, 6.45) is 0. The Morgan fingerprint density at radius 2 is 1.04 bits per heavy atom. The van der Waals surface area contributed by atoms with Gasteiger partial charge in [0.15, 0.2) is 0 Å². The fraction of sp³-hybridized carbons (Fsp3) is 0.667. The summed E-state index contributed by atoms with van der Waals surface area (Å²) >= 11 is 0. The van der Waals surface area contributed by atoms with E-state index in [1.165, 1.54) is 0 Å². The molecule has 1 aromatic rings.